The SMILES string of the molecule is CCC1CCCC(C#N)(C(O)c2ccc(Cl)cc2Cl)C1. The highest BCUT2D eigenvalue weighted by Crippen LogP contribution is 2.49. The van der Waals surface area contributed by atoms with E-state index in [4.69, 9.17) is 23.2 Å². The van der Waals surface area contributed by atoms with Crippen molar-refractivity contribution in [2.75, 3.05) is 0 Å². The average Bonchev–Trinajstić information content (AvgIpc) is 2.46. The summed E-state index contributed by atoms with van der Waals surface area (Å²) in [5, 5.41) is 21.3. The van der Waals surface area contributed by atoms with E-state index in [1.807, 2.05) is 0 Å². The standard InChI is InChI=1S/C16H19Cl2NO/c1-2-11-4-3-7-16(9-11,10-19)15(20)13-6-5-12(17)8-14(13)18/h5-6,8,11,15,20H,2-4,7,9H2,1H3. The lowest BCUT2D eigenvalue weighted by Crippen LogP contribution is -2.33. The molecule has 0 spiro atoms. The van der Waals surface area contributed by atoms with Gasteiger partial charge in [-0.3, -0.25) is 0 Å². The van der Waals surface area contributed by atoms with E-state index in [-0.39, 0.29) is 0 Å². The Morgan fingerprint density at radius 2 is 2.25 bits per heavy atom. The van der Waals surface area contributed by atoms with Crippen LogP contribution < -0.4 is 0 Å². The third-order valence-electron chi connectivity index (χ3n) is 4.47. The second-order valence-corrected chi connectivity index (χ2v) is 6.55. The van der Waals surface area contributed by atoms with Crippen molar-refractivity contribution < 1.29 is 5.11 Å². The van der Waals surface area contributed by atoms with Crippen LogP contribution >= 0.6 is 23.2 Å². The first-order valence-corrected chi connectivity index (χ1v) is 7.82. The van der Waals surface area contributed by atoms with Gasteiger partial charge >= 0.3 is 0 Å². The van der Waals surface area contributed by atoms with E-state index < -0.39 is 11.5 Å². The summed E-state index contributed by atoms with van der Waals surface area (Å²) in [5.41, 5.74) is -0.120. The molecule has 0 radical (unpaired) electrons. The van der Waals surface area contributed by atoms with Crippen LogP contribution in [0.1, 0.15) is 50.7 Å². The van der Waals surface area contributed by atoms with Gasteiger partial charge in [0, 0.05) is 15.6 Å². The average molecular weight is 312 g/mol. The lowest BCUT2D eigenvalue weighted by molar-refractivity contribution is 0.0186. The predicted molar refractivity (Wildman–Crippen MR) is 81.7 cm³/mol. The van der Waals surface area contributed by atoms with E-state index in [0.29, 0.717) is 21.5 Å². The molecule has 3 atom stereocenters. The van der Waals surface area contributed by atoms with Gasteiger partial charge in [0.25, 0.3) is 0 Å². The minimum atomic E-state index is -0.855. The van der Waals surface area contributed by atoms with E-state index >= 15 is 0 Å². The molecule has 1 aromatic rings. The maximum atomic E-state index is 10.7. The monoisotopic (exact) mass is 311 g/mol. The van der Waals surface area contributed by atoms with Crippen LogP contribution in [0.4, 0.5) is 0 Å². The van der Waals surface area contributed by atoms with Crippen LogP contribution in [0.25, 0.3) is 0 Å². The molecule has 1 saturated carbocycles. The quantitative estimate of drug-likeness (QED) is 0.840. The zero-order chi connectivity index (χ0) is 14.8. The summed E-state index contributed by atoms with van der Waals surface area (Å²) in [6.07, 6.45) is 3.77. The number of hydrogen-bond acceptors (Lipinski definition) is 2. The fourth-order valence-electron chi connectivity index (χ4n) is 3.21. The molecule has 2 nitrogen and oxygen atoms in total. The van der Waals surface area contributed by atoms with E-state index in [1.165, 1.54) is 0 Å². The van der Waals surface area contributed by atoms with Gasteiger partial charge in [-0.1, -0.05) is 55.5 Å². The van der Waals surface area contributed by atoms with Gasteiger partial charge in [0.2, 0.25) is 0 Å². The van der Waals surface area contributed by atoms with Crippen molar-refractivity contribution in [1.82, 2.24) is 0 Å². The summed E-state index contributed by atoms with van der Waals surface area (Å²) in [4.78, 5) is 0. The van der Waals surface area contributed by atoms with E-state index in [2.05, 4.69) is 13.0 Å². The maximum absolute atomic E-state index is 10.7. The molecule has 0 saturated heterocycles. The summed E-state index contributed by atoms with van der Waals surface area (Å²) in [6.45, 7) is 2.14. The maximum Gasteiger partial charge on any atom is 0.0990 e. The van der Waals surface area contributed by atoms with E-state index in [1.54, 1.807) is 18.2 Å². The van der Waals surface area contributed by atoms with Crippen molar-refractivity contribution in [3.8, 4) is 6.07 Å². The Kier molecular flexibility index (Phi) is 4.96. The molecule has 1 aromatic carbocycles. The molecular formula is C16H19Cl2NO. The van der Waals surface area contributed by atoms with Crippen LogP contribution in [0.2, 0.25) is 10.0 Å². The minimum Gasteiger partial charge on any atom is -0.387 e. The molecule has 3 unspecified atom stereocenters. The summed E-state index contributed by atoms with van der Waals surface area (Å²) in [6, 6.07) is 7.43. The van der Waals surface area contributed by atoms with Gasteiger partial charge in [-0.15, -0.1) is 0 Å². The Bertz CT molecular complexity index is 526. The Morgan fingerprint density at radius 1 is 1.50 bits per heavy atom. The number of halogens is 2. The summed E-state index contributed by atoms with van der Waals surface area (Å²) < 4.78 is 0. The second-order valence-electron chi connectivity index (χ2n) is 5.71. The van der Waals surface area contributed by atoms with Crippen LogP contribution in [0.15, 0.2) is 18.2 Å². The molecule has 20 heavy (non-hydrogen) atoms. The minimum absolute atomic E-state index is 0.429. The van der Waals surface area contributed by atoms with Crippen molar-refractivity contribution in [2.45, 2.75) is 45.1 Å². The molecule has 1 fully saturated rings. The molecule has 2 rings (SSSR count). The second kappa shape index (κ2) is 6.35. The number of aliphatic hydroxyl groups excluding tert-OH is 1. The Labute approximate surface area is 130 Å². The fourth-order valence-corrected chi connectivity index (χ4v) is 3.72. The number of nitrogens with zero attached hydrogens (tertiary/aromatic N) is 1. The first kappa shape index (κ1) is 15.6. The molecule has 4 heteroatoms. The molecule has 0 heterocycles. The zero-order valence-electron chi connectivity index (χ0n) is 11.6. The van der Waals surface area contributed by atoms with Crippen LogP contribution in [0.5, 0.6) is 0 Å². The molecule has 108 valence electrons. The highest BCUT2D eigenvalue weighted by atomic mass is 35.5. The van der Waals surface area contributed by atoms with Crippen molar-refractivity contribution in [1.29, 1.82) is 5.26 Å². The van der Waals surface area contributed by atoms with Gasteiger partial charge < -0.3 is 5.11 Å². The van der Waals surface area contributed by atoms with Gasteiger partial charge in [-0.05, 0) is 30.9 Å². The zero-order valence-corrected chi connectivity index (χ0v) is 13.1. The predicted octanol–water partition coefficient (Wildman–Crippen LogP) is 5.14. The molecule has 0 amide bonds. The number of nitriles is 1. The van der Waals surface area contributed by atoms with Crippen LogP contribution in [0, 0.1) is 22.7 Å². The van der Waals surface area contributed by atoms with Crippen LogP contribution in [-0.4, -0.2) is 5.11 Å². The highest BCUT2D eigenvalue weighted by molar-refractivity contribution is 6.35. The molecule has 0 bridgehead atoms. The van der Waals surface area contributed by atoms with E-state index in [0.717, 1.165) is 32.1 Å². The van der Waals surface area contributed by atoms with Crippen molar-refractivity contribution in [3.63, 3.8) is 0 Å². The highest BCUT2D eigenvalue weighted by Gasteiger charge is 2.43. The van der Waals surface area contributed by atoms with Gasteiger partial charge in [-0.25, -0.2) is 0 Å². The largest absolute Gasteiger partial charge is 0.387 e. The van der Waals surface area contributed by atoms with Crippen molar-refractivity contribution in [2.24, 2.45) is 11.3 Å². The van der Waals surface area contributed by atoms with Gasteiger partial charge in [0.15, 0.2) is 0 Å². The van der Waals surface area contributed by atoms with Crippen LogP contribution in [0.3, 0.4) is 0 Å². The fraction of sp³-hybridized carbons (Fsp3) is 0.562. The van der Waals surface area contributed by atoms with Crippen molar-refractivity contribution in [3.05, 3.63) is 33.8 Å². The molecule has 0 aliphatic heterocycles. The number of aliphatic hydroxyl groups is 1. The summed E-state index contributed by atoms with van der Waals surface area (Å²) in [7, 11) is 0. The number of hydrogen-bond donors (Lipinski definition) is 1. The van der Waals surface area contributed by atoms with Gasteiger partial charge in [0.1, 0.15) is 0 Å². The first-order chi connectivity index (χ1) is 9.52. The lowest BCUT2D eigenvalue weighted by Gasteiger charge is -2.39. The Morgan fingerprint density at radius 3 is 2.85 bits per heavy atom. The topological polar surface area (TPSA) is 44.0 Å². The molecular weight excluding hydrogens is 293 g/mol. The number of benzene rings is 1. The lowest BCUT2D eigenvalue weighted by atomic mass is 9.65. The smallest absolute Gasteiger partial charge is 0.0990 e. The number of rotatable bonds is 3. The third kappa shape index (κ3) is 2.96. The van der Waals surface area contributed by atoms with Crippen LogP contribution in [-0.2, 0) is 0 Å². The van der Waals surface area contributed by atoms with Gasteiger partial charge in [0.05, 0.1) is 17.6 Å². The molecule has 1 N–H and O–H groups in total. The normalized spacial score (nSPS) is 27.9. The Balaban J connectivity index is 2.33. The summed E-state index contributed by atoms with van der Waals surface area (Å²) in [5.74, 6) is 0.504. The third-order valence-corrected chi connectivity index (χ3v) is 5.03. The van der Waals surface area contributed by atoms with Crippen molar-refractivity contribution >= 4 is 23.2 Å². The molecule has 1 aliphatic carbocycles. The van der Waals surface area contributed by atoms with E-state index in [9.17, 15) is 10.4 Å². The van der Waals surface area contributed by atoms with Gasteiger partial charge in [-0.2, -0.15) is 5.26 Å². The molecule has 1 aliphatic rings. The Hall–Kier alpha value is -0.750. The molecule has 0 aromatic heterocycles. The summed E-state index contributed by atoms with van der Waals surface area (Å²) >= 11 is 12.1. The first-order valence-electron chi connectivity index (χ1n) is 7.06.